The van der Waals surface area contributed by atoms with Gasteiger partial charge in [-0.3, -0.25) is 4.68 Å². The maximum absolute atomic E-state index is 5.85. The van der Waals surface area contributed by atoms with Crippen LogP contribution in [-0.4, -0.2) is 16.9 Å². The molecule has 0 fully saturated rings. The van der Waals surface area contributed by atoms with E-state index in [4.69, 9.17) is 10.5 Å². The van der Waals surface area contributed by atoms with Gasteiger partial charge in [0.2, 0.25) is 0 Å². The molecule has 0 saturated heterocycles. The van der Waals surface area contributed by atoms with Gasteiger partial charge in [0, 0.05) is 24.2 Å². The number of nitrogens with zero attached hydrogens (tertiary/aromatic N) is 2. The summed E-state index contributed by atoms with van der Waals surface area (Å²) in [5.74, 6) is 0.719. The summed E-state index contributed by atoms with van der Waals surface area (Å²) in [5, 5.41) is 5.39. The molecule has 1 heterocycles. The number of fused-ring (bicyclic) bond motifs is 1. The first-order valence-electron chi connectivity index (χ1n) is 5.40. The van der Waals surface area contributed by atoms with Gasteiger partial charge in [0.05, 0.1) is 18.3 Å². The van der Waals surface area contributed by atoms with Crippen LogP contribution in [0, 0.1) is 6.92 Å². The first kappa shape index (κ1) is 12.4. The highest BCUT2D eigenvalue weighted by molar-refractivity contribution is 5.88. The van der Waals surface area contributed by atoms with Gasteiger partial charge in [0.1, 0.15) is 5.75 Å². The molecular weight excluding hydrogens is 202 g/mol. The summed E-state index contributed by atoms with van der Waals surface area (Å²) in [7, 11) is 3.51. The number of anilines is 1. The zero-order chi connectivity index (χ0) is 12.3. The Morgan fingerprint density at radius 1 is 1.38 bits per heavy atom. The van der Waals surface area contributed by atoms with E-state index in [1.807, 2.05) is 40.1 Å². The molecule has 0 radical (unpaired) electrons. The van der Waals surface area contributed by atoms with Crippen LogP contribution in [-0.2, 0) is 7.05 Å². The number of methoxy groups -OCH3 is 1. The van der Waals surface area contributed by atoms with E-state index >= 15 is 0 Å². The summed E-state index contributed by atoms with van der Waals surface area (Å²) in [5.41, 5.74) is 8.44. The molecule has 4 heteroatoms. The lowest BCUT2D eigenvalue weighted by molar-refractivity contribution is 0.414. The first-order chi connectivity index (χ1) is 7.63. The molecule has 0 amide bonds. The Morgan fingerprint density at radius 2 is 2.00 bits per heavy atom. The van der Waals surface area contributed by atoms with Crippen molar-refractivity contribution in [3.05, 3.63) is 17.8 Å². The summed E-state index contributed by atoms with van der Waals surface area (Å²) >= 11 is 0. The van der Waals surface area contributed by atoms with E-state index in [1.54, 1.807) is 11.8 Å². The van der Waals surface area contributed by atoms with Gasteiger partial charge in [-0.25, -0.2) is 0 Å². The Labute approximate surface area is 96.0 Å². The molecule has 16 heavy (non-hydrogen) atoms. The molecule has 0 bridgehead atoms. The molecule has 0 aliphatic rings. The van der Waals surface area contributed by atoms with Gasteiger partial charge in [0.25, 0.3) is 0 Å². The van der Waals surface area contributed by atoms with E-state index in [9.17, 15) is 0 Å². The number of hydrogen-bond acceptors (Lipinski definition) is 3. The largest absolute Gasteiger partial charge is 0.494 e. The number of hydrogen-bond donors (Lipinski definition) is 1. The Morgan fingerprint density at radius 3 is 2.56 bits per heavy atom. The van der Waals surface area contributed by atoms with Crippen LogP contribution in [0.5, 0.6) is 5.75 Å². The number of rotatable bonds is 1. The molecule has 0 saturated carbocycles. The van der Waals surface area contributed by atoms with Crippen molar-refractivity contribution in [1.29, 1.82) is 0 Å². The topological polar surface area (TPSA) is 53.1 Å². The van der Waals surface area contributed by atoms with E-state index in [0.29, 0.717) is 5.69 Å². The molecule has 0 aliphatic carbocycles. The minimum Gasteiger partial charge on any atom is -0.494 e. The van der Waals surface area contributed by atoms with Crippen LogP contribution in [0.4, 0.5) is 5.69 Å². The van der Waals surface area contributed by atoms with Gasteiger partial charge < -0.3 is 10.5 Å². The van der Waals surface area contributed by atoms with Gasteiger partial charge in [-0.15, -0.1) is 0 Å². The number of ether oxygens (including phenoxy) is 1. The normalized spacial score (nSPS) is 9.81. The predicted molar refractivity (Wildman–Crippen MR) is 67.8 cm³/mol. The number of benzene rings is 1. The molecule has 2 aromatic rings. The molecule has 0 aliphatic heterocycles. The lowest BCUT2D eigenvalue weighted by Crippen LogP contribution is -1.95. The number of nitrogens with two attached hydrogens (primary N) is 1. The minimum atomic E-state index is 0.658. The maximum Gasteiger partial charge on any atom is 0.146 e. The second kappa shape index (κ2) is 4.88. The molecule has 2 N–H and O–H groups in total. The van der Waals surface area contributed by atoms with E-state index < -0.39 is 0 Å². The lowest BCUT2D eigenvalue weighted by atomic mass is 10.1. The summed E-state index contributed by atoms with van der Waals surface area (Å²) in [6.45, 7) is 5.96. The summed E-state index contributed by atoms with van der Waals surface area (Å²) in [4.78, 5) is 0. The van der Waals surface area contributed by atoms with E-state index in [1.165, 1.54) is 0 Å². The van der Waals surface area contributed by atoms with E-state index in [-0.39, 0.29) is 0 Å². The maximum atomic E-state index is 5.85. The quantitative estimate of drug-likeness (QED) is 0.753. The molecule has 0 unspecified atom stereocenters. The highest BCUT2D eigenvalue weighted by atomic mass is 16.5. The molecule has 1 aromatic heterocycles. The van der Waals surface area contributed by atoms with Crippen molar-refractivity contribution in [3.8, 4) is 5.75 Å². The van der Waals surface area contributed by atoms with Crippen LogP contribution in [0.25, 0.3) is 10.9 Å². The van der Waals surface area contributed by atoms with Crippen LogP contribution in [0.2, 0.25) is 0 Å². The van der Waals surface area contributed by atoms with E-state index in [0.717, 1.165) is 22.2 Å². The average Bonchev–Trinajstić information content (AvgIpc) is 2.63. The lowest BCUT2D eigenvalue weighted by Gasteiger charge is -2.07. The van der Waals surface area contributed by atoms with Crippen molar-refractivity contribution in [2.75, 3.05) is 12.8 Å². The fraction of sp³-hybridized carbons (Fsp3) is 0.417. The monoisotopic (exact) mass is 221 g/mol. The zero-order valence-electron chi connectivity index (χ0n) is 10.5. The average molecular weight is 221 g/mol. The molecule has 0 spiro atoms. The molecular formula is C12H19N3O. The van der Waals surface area contributed by atoms with Gasteiger partial charge in [-0.05, 0) is 13.0 Å². The third kappa shape index (κ3) is 1.96. The van der Waals surface area contributed by atoms with Crippen LogP contribution in [0.15, 0.2) is 12.3 Å². The van der Waals surface area contributed by atoms with Crippen LogP contribution >= 0.6 is 0 Å². The fourth-order valence-corrected chi connectivity index (χ4v) is 1.73. The zero-order valence-corrected chi connectivity index (χ0v) is 10.5. The number of aryl methyl sites for hydroxylation is 2. The van der Waals surface area contributed by atoms with Crippen LogP contribution in [0.1, 0.15) is 19.4 Å². The predicted octanol–water partition coefficient (Wildman–Crippen LogP) is 2.50. The summed E-state index contributed by atoms with van der Waals surface area (Å²) in [6, 6.07) is 1.88. The molecule has 2 rings (SSSR count). The Balaban J connectivity index is 0.000000606. The Bertz CT molecular complexity index is 488. The standard InChI is InChI=1S/C10H13N3O.C2H6/c1-6-9-7(5-13(2)12-9)4-8(11)10(6)14-3;1-2/h4-5H,11H2,1-3H3;1-2H3. The van der Waals surface area contributed by atoms with Crippen LogP contribution < -0.4 is 10.5 Å². The van der Waals surface area contributed by atoms with Crippen molar-refractivity contribution >= 4 is 16.6 Å². The Hall–Kier alpha value is -1.71. The highest BCUT2D eigenvalue weighted by Gasteiger charge is 2.10. The smallest absolute Gasteiger partial charge is 0.146 e. The van der Waals surface area contributed by atoms with Gasteiger partial charge >= 0.3 is 0 Å². The van der Waals surface area contributed by atoms with Gasteiger partial charge in [0.15, 0.2) is 0 Å². The second-order valence-electron chi connectivity index (χ2n) is 3.36. The summed E-state index contributed by atoms with van der Waals surface area (Å²) < 4.78 is 6.99. The third-order valence-corrected chi connectivity index (χ3v) is 2.33. The number of aromatic nitrogens is 2. The van der Waals surface area contributed by atoms with Gasteiger partial charge in [-0.1, -0.05) is 13.8 Å². The highest BCUT2D eigenvalue weighted by Crippen LogP contribution is 2.32. The van der Waals surface area contributed by atoms with Gasteiger partial charge in [-0.2, -0.15) is 5.10 Å². The van der Waals surface area contributed by atoms with Crippen molar-refractivity contribution in [2.24, 2.45) is 7.05 Å². The van der Waals surface area contributed by atoms with Crippen molar-refractivity contribution in [1.82, 2.24) is 9.78 Å². The molecule has 1 aromatic carbocycles. The molecule has 4 nitrogen and oxygen atoms in total. The number of nitrogen functional groups attached to an aromatic ring is 1. The van der Waals surface area contributed by atoms with Crippen molar-refractivity contribution < 1.29 is 4.74 Å². The van der Waals surface area contributed by atoms with Crippen LogP contribution in [0.3, 0.4) is 0 Å². The van der Waals surface area contributed by atoms with Crippen molar-refractivity contribution in [3.63, 3.8) is 0 Å². The molecule has 88 valence electrons. The Kier molecular flexibility index (Phi) is 3.77. The second-order valence-corrected chi connectivity index (χ2v) is 3.36. The minimum absolute atomic E-state index is 0.658. The van der Waals surface area contributed by atoms with E-state index in [2.05, 4.69) is 5.10 Å². The fourth-order valence-electron chi connectivity index (χ4n) is 1.73. The molecule has 0 atom stereocenters. The first-order valence-corrected chi connectivity index (χ1v) is 5.40. The third-order valence-electron chi connectivity index (χ3n) is 2.33. The summed E-state index contributed by atoms with van der Waals surface area (Å²) in [6.07, 6.45) is 1.94. The van der Waals surface area contributed by atoms with Crippen molar-refractivity contribution in [2.45, 2.75) is 20.8 Å². The SMILES string of the molecule is CC.COc1c(N)cc2cn(C)nc2c1C.